The highest BCUT2D eigenvalue weighted by atomic mass is 16.5. The van der Waals surface area contributed by atoms with Gasteiger partial charge in [0.05, 0.1) is 25.9 Å². The molecule has 7 nitrogen and oxygen atoms in total. The quantitative estimate of drug-likeness (QED) is 0.570. The third-order valence-electron chi connectivity index (χ3n) is 5.75. The van der Waals surface area contributed by atoms with Gasteiger partial charge in [-0.05, 0) is 50.8 Å². The minimum absolute atomic E-state index is 0.223. The second-order valence-electron chi connectivity index (χ2n) is 8.26. The fourth-order valence-electron chi connectivity index (χ4n) is 4.36. The summed E-state index contributed by atoms with van der Waals surface area (Å²) in [4.78, 5) is 39.1. The Morgan fingerprint density at radius 1 is 1.13 bits per heavy atom. The van der Waals surface area contributed by atoms with Crippen molar-refractivity contribution in [2.75, 3.05) is 14.2 Å². The van der Waals surface area contributed by atoms with Crippen LogP contribution in [0.15, 0.2) is 46.8 Å². The van der Waals surface area contributed by atoms with E-state index in [0.29, 0.717) is 29.0 Å². The Hall–Kier alpha value is -3.09. The van der Waals surface area contributed by atoms with Gasteiger partial charge in [0, 0.05) is 22.9 Å². The molecule has 0 fully saturated rings. The summed E-state index contributed by atoms with van der Waals surface area (Å²) >= 11 is 0. The Kier molecular flexibility index (Phi) is 6.53. The van der Waals surface area contributed by atoms with Crippen LogP contribution in [0.1, 0.15) is 45.6 Å². The molecule has 0 amide bonds. The molecule has 0 bridgehead atoms. The van der Waals surface area contributed by atoms with Crippen molar-refractivity contribution < 1.29 is 28.6 Å². The van der Waals surface area contributed by atoms with E-state index in [1.165, 1.54) is 7.11 Å². The number of carbonyl (C=O) groups is 3. The number of allylic oxidation sites excluding steroid dienone is 3. The van der Waals surface area contributed by atoms with Gasteiger partial charge in [0.1, 0.15) is 11.7 Å². The van der Waals surface area contributed by atoms with Gasteiger partial charge >= 0.3 is 11.9 Å². The zero-order chi connectivity index (χ0) is 22.9. The first kappa shape index (κ1) is 22.6. The zero-order valence-electron chi connectivity index (χ0n) is 18.8. The fraction of sp³-hybridized carbons (Fsp3) is 0.458. The molecule has 1 N–H and O–H groups in total. The summed E-state index contributed by atoms with van der Waals surface area (Å²) in [6.45, 7) is 7.21. The highest BCUT2D eigenvalue weighted by molar-refractivity contribution is 6.12. The number of carbonyl (C=O) groups excluding carboxylic acids is 3. The molecule has 0 saturated heterocycles. The third-order valence-corrected chi connectivity index (χ3v) is 5.75. The summed E-state index contributed by atoms with van der Waals surface area (Å²) in [5.74, 6) is -2.50. The summed E-state index contributed by atoms with van der Waals surface area (Å²) in [5, 5.41) is 3.24. The van der Waals surface area contributed by atoms with Crippen LogP contribution in [0.4, 0.5) is 0 Å². The highest BCUT2D eigenvalue weighted by Gasteiger charge is 2.47. The number of methoxy groups -OCH3 is 2. The van der Waals surface area contributed by atoms with Crippen LogP contribution in [-0.2, 0) is 23.9 Å². The molecule has 3 rings (SSSR count). The van der Waals surface area contributed by atoms with Crippen LogP contribution < -0.4 is 10.1 Å². The number of ketones is 1. The Bertz CT molecular complexity index is 957. The Morgan fingerprint density at radius 2 is 1.77 bits per heavy atom. The molecule has 7 heteroatoms. The Labute approximate surface area is 182 Å². The van der Waals surface area contributed by atoms with Crippen molar-refractivity contribution in [2.45, 2.75) is 46.1 Å². The number of hydrogen-bond acceptors (Lipinski definition) is 7. The second kappa shape index (κ2) is 8.96. The largest absolute Gasteiger partial charge is 0.497 e. The molecule has 0 saturated carbocycles. The molecule has 1 heterocycles. The molecule has 0 radical (unpaired) electrons. The van der Waals surface area contributed by atoms with Gasteiger partial charge in [-0.1, -0.05) is 19.1 Å². The van der Waals surface area contributed by atoms with E-state index in [1.54, 1.807) is 40.0 Å². The van der Waals surface area contributed by atoms with Crippen molar-refractivity contribution >= 4 is 17.7 Å². The molecule has 1 aromatic rings. The van der Waals surface area contributed by atoms with Gasteiger partial charge in [0.25, 0.3) is 0 Å². The molecular weight excluding hydrogens is 398 g/mol. The number of ether oxygens (including phenoxy) is 3. The number of esters is 2. The van der Waals surface area contributed by atoms with Gasteiger partial charge in [-0.15, -0.1) is 0 Å². The number of nitrogens with one attached hydrogen (secondary N) is 1. The summed E-state index contributed by atoms with van der Waals surface area (Å²) in [6.07, 6.45) is 0.182. The normalized spacial score (nSPS) is 23.3. The lowest BCUT2D eigenvalue weighted by Crippen LogP contribution is -2.43. The summed E-state index contributed by atoms with van der Waals surface area (Å²) < 4.78 is 15.7. The highest BCUT2D eigenvalue weighted by Crippen LogP contribution is 2.45. The summed E-state index contributed by atoms with van der Waals surface area (Å²) in [5.41, 5.74) is 2.90. The number of dihydropyridines is 1. The first-order valence-electron chi connectivity index (χ1n) is 10.4. The van der Waals surface area contributed by atoms with E-state index in [9.17, 15) is 14.4 Å². The molecular formula is C24H29NO6. The van der Waals surface area contributed by atoms with Crippen molar-refractivity contribution in [2.24, 2.45) is 11.8 Å². The average molecular weight is 427 g/mol. The maximum Gasteiger partial charge on any atom is 0.337 e. The van der Waals surface area contributed by atoms with Crippen molar-refractivity contribution in [3.63, 3.8) is 0 Å². The van der Waals surface area contributed by atoms with Gasteiger partial charge in [-0.2, -0.15) is 0 Å². The zero-order valence-corrected chi connectivity index (χ0v) is 18.8. The van der Waals surface area contributed by atoms with Crippen molar-refractivity contribution in [3.8, 4) is 5.75 Å². The second-order valence-corrected chi connectivity index (χ2v) is 8.26. The Balaban J connectivity index is 2.17. The topological polar surface area (TPSA) is 90.9 Å². The maximum atomic E-state index is 13.6. The van der Waals surface area contributed by atoms with Crippen LogP contribution in [0.3, 0.4) is 0 Å². The molecule has 1 aliphatic heterocycles. The minimum Gasteiger partial charge on any atom is -0.497 e. The summed E-state index contributed by atoms with van der Waals surface area (Å²) in [6, 6.07) is 7.22. The van der Waals surface area contributed by atoms with Gasteiger partial charge in [0.2, 0.25) is 0 Å². The van der Waals surface area contributed by atoms with Crippen molar-refractivity contribution in [3.05, 3.63) is 52.4 Å². The van der Waals surface area contributed by atoms with Crippen LogP contribution in [0, 0.1) is 11.8 Å². The lowest BCUT2D eigenvalue weighted by molar-refractivity contribution is -0.151. The van der Waals surface area contributed by atoms with E-state index >= 15 is 0 Å². The molecule has 0 unspecified atom stereocenters. The van der Waals surface area contributed by atoms with E-state index < -0.39 is 23.8 Å². The third kappa shape index (κ3) is 4.22. The van der Waals surface area contributed by atoms with Gasteiger partial charge < -0.3 is 19.5 Å². The van der Waals surface area contributed by atoms with Gasteiger partial charge in [0.15, 0.2) is 5.78 Å². The minimum atomic E-state index is -0.910. The molecule has 0 spiro atoms. The number of rotatable bonds is 5. The predicted octanol–water partition coefficient (Wildman–Crippen LogP) is 3.26. The number of benzene rings is 1. The predicted molar refractivity (Wildman–Crippen MR) is 114 cm³/mol. The average Bonchev–Trinajstić information content (AvgIpc) is 2.71. The smallest absolute Gasteiger partial charge is 0.337 e. The molecule has 0 aromatic heterocycles. The van der Waals surface area contributed by atoms with Crippen LogP contribution in [0.25, 0.3) is 0 Å². The lowest BCUT2D eigenvalue weighted by atomic mass is 9.69. The SMILES string of the molecule is COC(=O)[C@H]1C(=O)C2=C(C[C@H]1C)NC(C)=C(C(=O)OC(C)C)[C@H]2c1ccc(OC)cc1. The van der Waals surface area contributed by atoms with Crippen LogP contribution >= 0.6 is 0 Å². The van der Waals surface area contributed by atoms with Gasteiger partial charge in [-0.3, -0.25) is 9.59 Å². The first-order valence-corrected chi connectivity index (χ1v) is 10.4. The van der Waals surface area contributed by atoms with Crippen LogP contribution in [0.5, 0.6) is 5.75 Å². The molecule has 166 valence electrons. The first-order chi connectivity index (χ1) is 14.7. The van der Waals surface area contributed by atoms with E-state index in [2.05, 4.69) is 5.32 Å². The van der Waals surface area contributed by atoms with Crippen LogP contribution in [-0.4, -0.2) is 38.0 Å². The maximum absolute atomic E-state index is 13.6. The van der Waals surface area contributed by atoms with Crippen molar-refractivity contribution in [1.82, 2.24) is 5.32 Å². The van der Waals surface area contributed by atoms with E-state index in [-0.39, 0.29) is 17.8 Å². The lowest BCUT2D eigenvalue weighted by Gasteiger charge is -2.38. The standard InChI is InChI=1S/C24H29NO6/c1-12(2)31-24(28)19-14(4)25-17-11-13(3)18(23(27)30-6)22(26)21(17)20(19)15-7-9-16(29-5)10-8-15/h7-10,12-13,18,20,25H,11H2,1-6H3/t13-,18-,20-/m1/s1. The molecule has 2 aliphatic rings. The fourth-order valence-corrected chi connectivity index (χ4v) is 4.36. The molecule has 1 aliphatic carbocycles. The summed E-state index contributed by atoms with van der Waals surface area (Å²) in [7, 11) is 2.85. The van der Waals surface area contributed by atoms with E-state index in [1.807, 2.05) is 19.1 Å². The number of Topliss-reactive ketones (excluding diaryl/α,β-unsaturated/α-hetero) is 1. The van der Waals surface area contributed by atoms with E-state index in [4.69, 9.17) is 14.2 Å². The molecule has 3 atom stereocenters. The van der Waals surface area contributed by atoms with Crippen LogP contribution in [0.2, 0.25) is 0 Å². The molecule has 31 heavy (non-hydrogen) atoms. The number of hydrogen-bond donors (Lipinski definition) is 1. The monoisotopic (exact) mass is 427 g/mol. The Morgan fingerprint density at radius 3 is 2.32 bits per heavy atom. The van der Waals surface area contributed by atoms with Gasteiger partial charge in [-0.25, -0.2) is 4.79 Å². The van der Waals surface area contributed by atoms with E-state index in [0.717, 1.165) is 11.3 Å². The molecule has 1 aromatic carbocycles. The van der Waals surface area contributed by atoms with Crippen molar-refractivity contribution in [1.29, 1.82) is 0 Å².